The molecule has 0 saturated carbocycles. The quantitative estimate of drug-likeness (QED) is 0.793. The van der Waals surface area contributed by atoms with Crippen LogP contribution in [0.2, 0.25) is 0 Å². The first-order valence-corrected chi connectivity index (χ1v) is 9.99. The van der Waals surface area contributed by atoms with Gasteiger partial charge in [-0.3, -0.25) is 19.5 Å². The molecule has 2 unspecified atom stereocenters. The number of pyridine rings is 1. The van der Waals surface area contributed by atoms with Crippen molar-refractivity contribution < 1.29 is 14.4 Å². The van der Waals surface area contributed by atoms with Crippen molar-refractivity contribution >= 4 is 28.8 Å². The standard InChI is InChI=1S/C20H26N6O3/c1-4-25-10-14(8-16(25)27)19(29)26-6-5-20(3,11-26)22-18(28)13-7-15-12(2)23-24-17(15)21-9-13/h7,9,14H,4-6,8,10-11H2,1-3H3,(H,22,28)(H,21,23,24). The van der Waals surface area contributed by atoms with Gasteiger partial charge in [-0.15, -0.1) is 0 Å². The van der Waals surface area contributed by atoms with E-state index in [1.165, 1.54) is 6.20 Å². The third kappa shape index (κ3) is 3.56. The maximum absolute atomic E-state index is 12.9. The predicted octanol–water partition coefficient (Wildman–Crippen LogP) is 0.856. The van der Waals surface area contributed by atoms with E-state index in [0.29, 0.717) is 43.8 Å². The number of nitrogens with zero attached hydrogens (tertiary/aromatic N) is 4. The monoisotopic (exact) mass is 398 g/mol. The zero-order valence-electron chi connectivity index (χ0n) is 17.0. The molecule has 9 heteroatoms. The van der Waals surface area contributed by atoms with Crippen LogP contribution in [0.1, 0.15) is 42.7 Å². The van der Waals surface area contributed by atoms with Gasteiger partial charge in [-0.05, 0) is 33.3 Å². The Bertz CT molecular complexity index is 986. The van der Waals surface area contributed by atoms with Gasteiger partial charge in [0, 0.05) is 49.9 Å². The van der Waals surface area contributed by atoms with Crippen LogP contribution in [0.25, 0.3) is 11.0 Å². The van der Waals surface area contributed by atoms with Crippen LogP contribution in [0.4, 0.5) is 0 Å². The number of aromatic nitrogens is 3. The summed E-state index contributed by atoms with van der Waals surface area (Å²) in [5.41, 5.74) is 1.39. The van der Waals surface area contributed by atoms with Crippen molar-refractivity contribution in [2.75, 3.05) is 26.2 Å². The van der Waals surface area contributed by atoms with E-state index in [4.69, 9.17) is 0 Å². The Labute approximate surface area is 168 Å². The number of fused-ring (bicyclic) bond motifs is 1. The van der Waals surface area contributed by atoms with Gasteiger partial charge in [0.25, 0.3) is 5.91 Å². The van der Waals surface area contributed by atoms with E-state index in [1.54, 1.807) is 15.9 Å². The average molecular weight is 398 g/mol. The van der Waals surface area contributed by atoms with Crippen molar-refractivity contribution in [3.05, 3.63) is 23.5 Å². The van der Waals surface area contributed by atoms with Crippen LogP contribution in [0, 0.1) is 12.8 Å². The Hall–Kier alpha value is -2.97. The van der Waals surface area contributed by atoms with Crippen LogP contribution in [0.15, 0.2) is 12.3 Å². The van der Waals surface area contributed by atoms with Crippen molar-refractivity contribution in [3.8, 4) is 0 Å². The average Bonchev–Trinajstić information content (AvgIpc) is 3.38. The number of likely N-dealkylation sites (tertiary alicyclic amines) is 2. The highest BCUT2D eigenvalue weighted by atomic mass is 16.2. The van der Waals surface area contributed by atoms with Gasteiger partial charge in [0.2, 0.25) is 11.8 Å². The number of aromatic amines is 1. The zero-order chi connectivity index (χ0) is 20.8. The summed E-state index contributed by atoms with van der Waals surface area (Å²) in [5.74, 6) is -0.455. The number of amides is 3. The summed E-state index contributed by atoms with van der Waals surface area (Å²) in [4.78, 5) is 45.4. The number of carbonyl (C=O) groups excluding carboxylic acids is 3. The maximum Gasteiger partial charge on any atom is 0.253 e. The predicted molar refractivity (Wildman–Crippen MR) is 106 cm³/mol. The molecule has 0 aromatic carbocycles. The maximum atomic E-state index is 12.9. The molecule has 2 saturated heterocycles. The molecule has 2 aliphatic heterocycles. The first kappa shape index (κ1) is 19.4. The zero-order valence-corrected chi connectivity index (χ0v) is 17.0. The lowest BCUT2D eigenvalue weighted by Crippen LogP contribution is -2.49. The van der Waals surface area contributed by atoms with Crippen molar-refractivity contribution in [1.29, 1.82) is 0 Å². The topological polar surface area (TPSA) is 111 Å². The smallest absolute Gasteiger partial charge is 0.253 e. The van der Waals surface area contributed by atoms with Crippen LogP contribution >= 0.6 is 0 Å². The molecule has 4 heterocycles. The molecule has 2 atom stereocenters. The number of hydrogen-bond acceptors (Lipinski definition) is 5. The lowest BCUT2D eigenvalue weighted by Gasteiger charge is -2.27. The summed E-state index contributed by atoms with van der Waals surface area (Å²) in [6, 6.07) is 1.78. The second-order valence-electron chi connectivity index (χ2n) is 8.30. The van der Waals surface area contributed by atoms with Gasteiger partial charge in [-0.25, -0.2) is 4.98 Å². The minimum atomic E-state index is -0.514. The molecule has 3 amide bonds. The molecule has 2 aliphatic rings. The van der Waals surface area contributed by atoms with E-state index in [9.17, 15) is 14.4 Å². The highest BCUT2D eigenvalue weighted by Crippen LogP contribution is 2.27. The second-order valence-corrected chi connectivity index (χ2v) is 8.30. The Morgan fingerprint density at radius 2 is 2.21 bits per heavy atom. The van der Waals surface area contributed by atoms with Crippen molar-refractivity contribution in [2.45, 2.75) is 39.2 Å². The molecular weight excluding hydrogens is 372 g/mol. The fourth-order valence-electron chi connectivity index (χ4n) is 4.24. The molecule has 0 bridgehead atoms. The van der Waals surface area contributed by atoms with Gasteiger partial charge in [-0.2, -0.15) is 5.10 Å². The molecule has 2 aromatic heterocycles. The van der Waals surface area contributed by atoms with Gasteiger partial charge in [-0.1, -0.05) is 0 Å². The molecule has 4 rings (SSSR count). The summed E-state index contributed by atoms with van der Waals surface area (Å²) >= 11 is 0. The van der Waals surface area contributed by atoms with Crippen LogP contribution in [0.5, 0.6) is 0 Å². The van der Waals surface area contributed by atoms with Crippen LogP contribution < -0.4 is 5.32 Å². The molecule has 0 radical (unpaired) electrons. The Morgan fingerprint density at radius 3 is 2.93 bits per heavy atom. The fraction of sp³-hybridized carbons (Fsp3) is 0.550. The van der Waals surface area contributed by atoms with Crippen molar-refractivity contribution in [1.82, 2.24) is 30.3 Å². The van der Waals surface area contributed by atoms with Crippen LogP contribution in [-0.4, -0.2) is 74.4 Å². The number of carbonyl (C=O) groups is 3. The summed E-state index contributed by atoms with van der Waals surface area (Å²) in [6.07, 6.45) is 2.47. The van der Waals surface area contributed by atoms with E-state index in [1.807, 2.05) is 20.8 Å². The third-order valence-corrected chi connectivity index (χ3v) is 6.01. The lowest BCUT2D eigenvalue weighted by atomic mass is 10.0. The van der Waals surface area contributed by atoms with Gasteiger partial charge < -0.3 is 15.1 Å². The highest BCUT2D eigenvalue weighted by Gasteiger charge is 2.42. The van der Waals surface area contributed by atoms with E-state index >= 15 is 0 Å². The van der Waals surface area contributed by atoms with E-state index in [0.717, 1.165) is 11.1 Å². The number of H-pyrrole nitrogens is 1. The van der Waals surface area contributed by atoms with Crippen LogP contribution in [0.3, 0.4) is 0 Å². The molecule has 2 aromatic rings. The Morgan fingerprint density at radius 1 is 1.41 bits per heavy atom. The van der Waals surface area contributed by atoms with Crippen molar-refractivity contribution in [3.63, 3.8) is 0 Å². The number of hydrogen-bond donors (Lipinski definition) is 2. The summed E-state index contributed by atoms with van der Waals surface area (Å²) < 4.78 is 0. The Balaban J connectivity index is 1.41. The van der Waals surface area contributed by atoms with Crippen LogP contribution in [-0.2, 0) is 9.59 Å². The minimum Gasteiger partial charge on any atom is -0.345 e. The largest absolute Gasteiger partial charge is 0.345 e. The Kier molecular flexibility index (Phi) is 4.76. The minimum absolute atomic E-state index is 0.00406. The SMILES string of the molecule is CCN1CC(C(=O)N2CCC(C)(NC(=O)c3cnc4n[nH]c(C)c4c3)C2)CC1=O. The molecule has 29 heavy (non-hydrogen) atoms. The van der Waals surface area contributed by atoms with Crippen molar-refractivity contribution in [2.24, 2.45) is 5.92 Å². The van der Waals surface area contributed by atoms with E-state index in [-0.39, 0.29) is 30.1 Å². The van der Waals surface area contributed by atoms with E-state index in [2.05, 4.69) is 20.5 Å². The summed E-state index contributed by atoms with van der Waals surface area (Å²) in [7, 11) is 0. The second kappa shape index (κ2) is 7.13. The molecule has 2 N–H and O–H groups in total. The van der Waals surface area contributed by atoms with Gasteiger partial charge >= 0.3 is 0 Å². The molecule has 0 spiro atoms. The highest BCUT2D eigenvalue weighted by molar-refractivity contribution is 5.97. The molecule has 9 nitrogen and oxygen atoms in total. The summed E-state index contributed by atoms with van der Waals surface area (Å²) in [5, 5.41) is 10.8. The van der Waals surface area contributed by atoms with Gasteiger partial charge in [0.1, 0.15) is 0 Å². The van der Waals surface area contributed by atoms with Gasteiger partial charge in [0.05, 0.1) is 17.0 Å². The summed E-state index contributed by atoms with van der Waals surface area (Å²) in [6.45, 7) is 7.89. The van der Waals surface area contributed by atoms with Gasteiger partial charge in [0.15, 0.2) is 5.65 Å². The molecule has 2 fully saturated rings. The normalized spacial score (nSPS) is 24.5. The number of rotatable bonds is 4. The van der Waals surface area contributed by atoms with E-state index < -0.39 is 5.54 Å². The first-order chi connectivity index (χ1) is 13.8. The third-order valence-electron chi connectivity index (χ3n) is 6.01. The first-order valence-electron chi connectivity index (χ1n) is 9.99. The molecular formula is C20H26N6O3. The lowest BCUT2D eigenvalue weighted by molar-refractivity contribution is -0.135. The molecule has 154 valence electrons. The number of nitrogens with one attached hydrogen (secondary N) is 2. The fourth-order valence-corrected chi connectivity index (χ4v) is 4.24. The molecule has 0 aliphatic carbocycles. The number of aryl methyl sites for hydroxylation is 1.